The van der Waals surface area contributed by atoms with E-state index in [4.69, 9.17) is 0 Å². The molecule has 0 aliphatic rings. The van der Waals surface area contributed by atoms with E-state index in [1.165, 1.54) is 0 Å². The van der Waals surface area contributed by atoms with E-state index in [9.17, 15) is 4.39 Å². The molecule has 2 aromatic rings. The molecule has 0 aliphatic carbocycles. The average Bonchev–Trinajstić information content (AvgIpc) is 2.37. The molecular weight excluding hydrogens is 361 g/mol. The van der Waals surface area contributed by atoms with Crippen LogP contribution in [0.2, 0.25) is 0 Å². The van der Waals surface area contributed by atoms with E-state index in [1.54, 1.807) is 12.1 Å². The van der Waals surface area contributed by atoms with Gasteiger partial charge in [-0.05, 0) is 46.7 Å². The molecule has 0 saturated carbocycles. The van der Waals surface area contributed by atoms with Crippen molar-refractivity contribution in [2.24, 2.45) is 0 Å². The summed E-state index contributed by atoms with van der Waals surface area (Å²) in [7, 11) is 1.83. The largest absolute Gasteiger partial charge is 0.309 e. The Labute approximate surface area is 123 Å². The summed E-state index contributed by atoms with van der Waals surface area (Å²) in [6.45, 7) is 0. The van der Waals surface area contributed by atoms with Gasteiger partial charge in [-0.15, -0.1) is 0 Å². The van der Waals surface area contributed by atoms with E-state index in [-0.39, 0.29) is 11.9 Å². The Morgan fingerprint density at radius 1 is 1.06 bits per heavy atom. The molecule has 0 aromatic heterocycles. The van der Waals surface area contributed by atoms with Crippen LogP contribution in [0.15, 0.2) is 51.4 Å². The van der Waals surface area contributed by atoms with Crippen LogP contribution < -0.4 is 5.32 Å². The van der Waals surface area contributed by atoms with Crippen LogP contribution in [0.1, 0.15) is 17.2 Å². The van der Waals surface area contributed by atoms with Crippen LogP contribution in [0.3, 0.4) is 0 Å². The summed E-state index contributed by atoms with van der Waals surface area (Å²) in [4.78, 5) is 0. The van der Waals surface area contributed by atoms with Crippen molar-refractivity contribution in [3.8, 4) is 0 Å². The van der Waals surface area contributed by atoms with Crippen LogP contribution in [0.5, 0.6) is 0 Å². The number of hydrogen-bond acceptors (Lipinski definition) is 1. The van der Waals surface area contributed by atoms with Gasteiger partial charge in [0.2, 0.25) is 0 Å². The van der Waals surface area contributed by atoms with Gasteiger partial charge in [0.25, 0.3) is 0 Å². The van der Waals surface area contributed by atoms with E-state index in [0.29, 0.717) is 10.0 Å². The first kappa shape index (κ1) is 13.7. The lowest BCUT2D eigenvalue weighted by Crippen LogP contribution is -2.19. The summed E-state index contributed by atoms with van der Waals surface area (Å²) < 4.78 is 15.6. The van der Waals surface area contributed by atoms with E-state index in [2.05, 4.69) is 37.2 Å². The minimum atomic E-state index is -0.222. The maximum absolute atomic E-state index is 14.1. The molecule has 0 saturated heterocycles. The molecule has 0 radical (unpaired) electrons. The number of halogens is 3. The molecule has 2 rings (SSSR count). The second kappa shape index (κ2) is 5.95. The Kier molecular flexibility index (Phi) is 4.54. The molecule has 94 valence electrons. The molecule has 1 nitrogen and oxygen atoms in total. The standard InChI is InChI=1S/C14H12Br2FN/c1-18-14(9-5-7-10(15)8-6-9)11-3-2-4-12(16)13(11)17/h2-8,14,18H,1H3. The molecule has 0 bridgehead atoms. The SMILES string of the molecule is CNC(c1ccc(Br)cc1)c1cccc(Br)c1F. The first-order valence-electron chi connectivity index (χ1n) is 5.50. The molecule has 1 atom stereocenters. The van der Waals surface area contributed by atoms with Gasteiger partial charge in [-0.25, -0.2) is 4.39 Å². The third-order valence-electron chi connectivity index (χ3n) is 2.78. The van der Waals surface area contributed by atoms with Gasteiger partial charge < -0.3 is 5.32 Å². The second-order valence-corrected chi connectivity index (χ2v) is 5.69. The fraction of sp³-hybridized carbons (Fsp3) is 0.143. The van der Waals surface area contributed by atoms with E-state index < -0.39 is 0 Å². The molecule has 0 aliphatic heterocycles. The minimum absolute atomic E-state index is 0.157. The van der Waals surface area contributed by atoms with E-state index in [1.807, 2.05) is 37.4 Å². The van der Waals surface area contributed by atoms with Crippen LogP contribution in [0, 0.1) is 5.82 Å². The first-order chi connectivity index (χ1) is 8.63. The van der Waals surface area contributed by atoms with Crippen molar-refractivity contribution >= 4 is 31.9 Å². The maximum atomic E-state index is 14.1. The van der Waals surface area contributed by atoms with Crippen molar-refractivity contribution in [1.29, 1.82) is 0 Å². The highest BCUT2D eigenvalue weighted by molar-refractivity contribution is 9.10. The molecule has 0 amide bonds. The van der Waals surface area contributed by atoms with Gasteiger partial charge in [-0.2, -0.15) is 0 Å². The lowest BCUT2D eigenvalue weighted by atomic mass is 9.98. The highest BCUT2D eigenvalue weighted by Gasteiger charge is 2.17. The lowest BCUT2D eigenvalue weighted by Gasteiger charge is -2.18. The van der Waals surface area contributed by atoms with Crippen molar-refractivity contribution in [3.63, 3.8) is 0 Å². The van der Waals surface area contributed by atoms with Crippen molar-refractivity contribution < 1.29 is 4.39 Å². The van der Waals surface area contributed by atoms with Crippen LogP contribution in [-0.4, -0.2) is 7.05 Å². The fourth-order valence-corrected chi connectivity index (χ4v) is 2.55. The molecule has 18 heavy (non-hydrogen) atoms. The minimum Gasteiger partial charge on any atom is -0.309 e. The smallest absolute Gasteiger partial charge is 0.142 e. The Bertz CT molecular complexity index is 540. The second-order valence-electron chi connectivity index (χ2n) is 3.92. The van der Waals surface area contributed by atoms with Crippen molar-refractivity contribution in [1.82, 2.24) is 5.32 Å². The molecule has 1 N–H and O–H groups in total. The average molecular weight is 373 g/mol. The summed E-state index contributed by atoms with van der Waals surface area (Å²) >= 11 is 6.61. The van der Waals surface area contributed by atoms with Crippen LogP contribution in [0.25, 0.3) is 0 Å². The first-order valence-corrected chi connectivity index (χ1v) is 7.08. The molecular formula is C14H12Br2FN. The Morgan fingerprint density at radius 2 is 1.72 bits per heavy atom. The zero-order valence-corrected chi connectivity index (χ0v) is 12.9. The van der Waals surface area contributed by atoms with Crippen LogP contribution >= 0.6 is 31.9 Å². The van der Waals surface area contributed by atoms with Crippen LogP contribution in [-0.2, 0) is 0 Å². The van der Waals surface area contributed by atoms with Gasteiger partial charge in [0.05, 0.1) is 10.5 Å². The lowest BCUT2D eigenvalue weighted by molar-refractivity contribution is 0.571. The number of rotatable bonds is 3. The zero-order chi connectivity index (χ0) is 13.1. The van der Waals surface area contributed by atoms with Crippen molar-refractivity contribution in [2.45, 2.75) is 6.04 Å². The molecule has 1 unspecified atom stereocenters. The van der Waals surface area contributed by atoms with E-state index in [0.717, 1.165) is 10.0 Å². The molecule has 2 aromatic carbocycles. The van der Waals surface area contributed by atoms with E-state index >= 15 is 0 Å². The normalized spacial score (nSPS) is 12.4. The van der Waals surface area contributed by atoms with Gasteiger partial charge in [-0.3, -0.25) is 0 Å². The highest BCUT2D eigenvalue weighted by Crippen LogP contribution is 2.28. The quantitative estimate of drug-likeness (QED) is 0.826. The molecule has 4 heteroatoms. The summed E-state index contributed by atoms with van der Waals surface area (Å²) in [6, 6.07) is 13.0. The van der Waals surface area contributed by atoms with Crippen molar-refractivity contribution in [3.05, 3.63) is 68.4 Å². The van der Waals surface area contributed by atoms with Crippen LogP contribution in [0.4, 0.5) is 4.39 Å². The summed E-state index contributed by atoms with van der Waals surface area (Å²) in [5, 5.41) is 3.15. The van der Waals surface area contributed by atoms with Crippen molar-refractivity contribution in [2.75, 3.05) is 7.05 Å². The monoisotopic (exact) mass is 371 g/mol. The molecule has 0 spiro atoms. The third kappa shape index (κ3) is 2.82. The Morgan fingerprint density at radius 3 is 2.33 bits per heavy atom. The molecule has 0 heterocycles. The number of benzene rings is 2. The Hall–Kier alpha value is -0.710. The maximum Gasteiger partial charge on any atom is 0.142 e. The predicted octanol–water partition coefficient (Wildman–Crippen LogP) is 4.66. The summed E-state index contributed by atoms with van der Waals surface area (Å²) in [6.07, 6.45) is 0. The van der Waals surface area contributed by atoms with Gasteiger partial charge in [0, 0.05) is 10.0 Å². The molecule has 0 fully saturated rings. The number of hydrogen-bond donors (Lipinski definition) is 1. The van der Waals surface area contributed by atoms with Gasteiger partial charge in [0.1, 0.15) is 5.82 Å². The third-order valence-corrected chi connectivity index (χ3v) is 3.93. The topological polar surface area (TPSA) is 12.0 Å². The van der Waals surface area contributed by atoms with Gasteiger partial charge >= 0.3 is 0 Å². The fourth-order valence-electron chi connectivity index (χ4n) is 1.90. The predicted molar refractivity (Wildman–Crippen MR) is 79.1 cm³/mol. The van der Waals surface area contributed by atoms with Gasteiger partial charge in [-0.1, -0.05) is 40.2 Å². The Balaban J connectivity index is 2.45. The number of nitrogens with one attached hydrogen (secondary N) is 1. The highest BCUT2D eigenvalue weighted by atomic mass is 79.9. The zero-order valence-electron chi connectivity index (χ0n) is 9.75. The van der Waals surface area contributed by atoms with Gasteiger partial charge in [0.15, 0.2) is 0 Å². The summed E-state index contributed by atoms with van der Waals surface area (Å²) in [5.74, 6) is -0.222. The summed E-state index contributed by atoms with van der Waals surface area (Å²) in [5.41, 5.74) is 1.66.